The maximum absolute atomic E-state index is 13.1. The molecule has 2 heterocycles. The summed E-state index contributed by atoms with van der Waals surface area (Å²) in [5, 5.41) is 23.5. The fourth-order valence-corrected chi connectivity index (χ4v) is 4.87. The number of nitro benzene ring substituents is 1. The Morgan fingerprint density at radius 1 is 1.12 bits per heavy atom. The number of nitro groups is 1. The number of tetrazole rings is 1. The van der Waals surface area contributed by atoms with Crippen LogP contribution in [0, 0.1) is 15.9 Å². The molecule has 0 saturated carbocycles. The van der Waals surface area contributed by atoms with Crippen molar-refractivity contribution >= 4 is 15.7 Å². The Labute approximate surface area is 188 Å². The Morgan fingerprint density at radius 2 is 1.82 bits per heavy atom. The molecule has 0 atom stereocenters. The first-order valence-corrected chi connectivity index (χ1v) is 11.3. The maximum Gasteiger partial charge on any atom is 0.312 e. The van der Waals surface area contributed by atoms with Gasteiger partial charge in [0.25, 0.3) is 0 Å². The van der Waals surface area contributed by atoms with E-state index in [4.69, 9.17) is 4.74 Å². The largest absolute Gasteiger partial charge is 0.490 e. The summed E-state index contributed by atoms with van der Waals surface area (Å²) in [6.07, 6.45) is 0. The van der Waals surface area contributed by atoms with Crippen LogP contribution in [-0.4, -0.2) is 76.0 Å². The lowest BCUT2D eigenvalue weighted by Gasteiger charge is -2.33. The summed E-state index contributed by atoms with van der Waals surface area (Å²) in [5.74, 6) is -0.00960. The highest BCUT2D eigenvalue weighted by Crippen LogP contribution is 2.30. The van der Waals surface area contributed by atoms with Crippen molar-refractivity contribution < 1.29 is 22.5 Å². The van der Waals surface area contributed by atoms with Crippen molar-refractivity contribution in [3.8, 4) is 17.1 Å². The number of benzene rings is 2. The zero-order valence-electron chi connectivity index (χ0n) is 17.5. The minimum atomic E-state index is -3.91. The standard InChI is InChI=1S/C19H20FN7O5S/c1-32-18-7-6-16(12-17(18)27(28)29)33(30,31)25-10-8-24(9-11-25)13-26-22-19(21-23-26)14-2-4-15(20)5-3-14/h2-7,12H,8-11,13H2,1H3. The molecule has 1 aliphatic heterocycles. The number of aromatic nitrogens is 4. The molecule has 0 amide bonds. The lowest BCUT2D eigenvalue weighted by Crippen LogP contribution is -2.49. The number of nitrogens with zero attached hydrogens (tertiary/aromatic N) is 7. The lowest BCUT2D eigenvalue weighted by atomic mass is 10.2. The van der Waals surface area contributed by atoms with Gasteiger partial charge in [-0.1, -0.05) is 0 Å². The molecule has 2 aromatic carbocycles. The van der Waals surface area contributed by atoms with Gasteiger partial charge in [0.05, 0.1) is 16.9 Å². The van der Waals surface area contributed by atoms with Gasteiger partial charge in [0, 0.05) is 37.8 Å². The van der Waals surface area contributed by atoms with Gasteiger partial charge >= 0.3 is 5.69 Å². The molecule has 0 spiro atoms. The maximum atomic E-state index is 13.1. The van der Waals surface area contributed by atoms with Crippen molar-refractivity contribution in [3.63, 3.8) is 0 Å². The Hall–Kier alpha value is -3.49. The molecule has 14 heteroatoms. The molecule has 0 N–H and O–H groups in total. The zero-order valence-corrected chi connectivity index (χ0v) is 18.4. The van der Waals surface area contributed by atoms with E-state index in [1.807, 2.05) is 4.90 Å². The summed E-state index contributed by atoms with van der Waals surface area (Å²) in [6.45, 7) is 1.51. The molecule has 3 aromatic rings. The minimum absolute atomic E-state index is 0.0101. The number of hydrogen-bond donors (Lipinski definition) is 0. The van der Waals surface area contributed by atoms with Gasteiger partial charge in [0.15, 0.2) is 5.75 Å². The van der Waals surface area contributed by atoms with Crippen LogP contribution in [0.3, 0.4) is 0 Å². The van der Waals surface area contributed by atoms with Crippen molar-refractivity contribution in [2.45, 2.75) is 11.6 Å². The first-order valence-electron chi connectivity index (χ1n) is 9.86. The highest BCUT2D eigenvalue weighted by Gasteiger charge is 2.31. The van der Waals surface area contributed by atoms with E-state index in [9.17, 15) is 22.9 Å². The number of rotatable bonds is 7. The Kier molecular flexibility index (Phi) is 6.31. The number of piperazine rings is 1. The summed E-state index contributed by atoms with van der Waals surface area (Å²) in [5.41, 5.74) is 0.221. The topological polar surface area (TPSA) is 137 Å². The average molecular weight is 477 g/mol. The van der Waals surface area contributed by atoms with Gasteiger partial charge in [-0.25, -0.2) is 12.8 Å². The third kappa shape index (κ3) is 4.81. The smallest absolute Gasteiger partial charge is 0.312 e. The van der Waals surface area contributed by atoms with Crippen molar-refractivity contribution in [2.75, 3.05) is 33.3 Å². The van der Waals surface area contributed by atoms with E-state index in [1.165, 1.54) is 40.5 Å². The number of sulfonamides is 1. The molecule has 33 heavy (non-hydrogen) atoms. The third-order valence-electron chi connectivity index (χ3n) is 5.20. The van der Waals surface area contributed by atoms with Gasteiger partial charge in [0.2, 0.25) is 15.8 Å². The van der Waals surface area contributed by atoms with Crippen LogP contribution in [0.15, 0.2) is 47.4 Å². The van der Waals surface area contributed by atoms with Gasteiger partial charge in [0.1, 0.15) is 12.5 Å². The molecule has 4 rings (SSSR count). The van der Waals surface area contributed by atoms with E-state index in [0.29, 0.717) is 31.1 Å². The van der Waals surface area contributed by atoms with Crippen molar-refractivity contribution in [1.29, 1.82) is 0 Å². The van der Waals surface area contributed by atoms with Crippen LogP contribution < -0.4 is 4.74 Å². The van der Waals surface area contributed by atoms with Crippen LogP contribution in [0.1, 0.15) is 0 Å². The minimum Gasteiger partial charge on any atom is -0.490 e. The molecule has 0 bridgehead atoms. The fraction of sp³-hybridized carbons (Fsp3) is 0.316. The second kappa shape index (κ2) is 9.17. The van der Waals surface area contributed by atoms with E-state index < -0.39 is 20.6 Å². The van der Waals surface area contributed by atoms with Gasteiger partial charge in [-0.3, -0.25) is 15.0 Å². The number of ether oxygens (including phenoxy) is 1. The quantitative estimate of drug-likeness (QED) is 0.365. The van der Waals surface area contributed by atoms with Gasteiger partial charge in [-0.05, 0) is 41.6 Å². The highest BCUT2D eigenvalue weighted by atomic mass is 32.2. The molecular weight excluding hydrogens is 457 g/mol. The van der Waals surface area contributed by atoms with E-state index >= 15 is 0 Å². The average Bonchev–Trinajstić information content (AvgIpc) is 3.27. The predicted octanol–water partition coefficient (Wildman–Crippen LogP) is 1.36. The molecule has 1 saturated heterocycles. The summed E-state index contributed by atoms with van der Waals surface area (Å²) < 4.78 is 45.3. The number of methoxy groups -OCH3 is 1. The Morgan fingerprint density at radius 3 is 2.45 bits per heavy atom. The molecule has 1 aliphatic rings. The van der Waals surface area contributed by atoms with Crippen LogP contribution in [0.2, 0.25) is 0 Å². The molecule has 12 nitrogen and oxygen atoms in total. The van der Waals surface area contributed by atoms with Crippen LogP contribution in [0.25, 0.3) is 11.4 Å². The summed E-state index contributed by atoms with van der Waals surface area (Å²) in [7, 11) is -2.63. The predicted molar refractivity (Wildman–Crippen MR) is 113 cm³/mol. The number of halogens is 1. The van der Waals surface area contributed by atoms with Crippen molar-refractivity contribution in [2.24, 2.45) is 0 Å². The van der Waals surface area contributed by atoms with Crippen LogP contribution >= 0.6 is 0 Å². The highest BCUT2D eigenvalue weighted by molar-refractivity contribution is 7.89. The molecule has 0 unspecified atom stereocenters. The zero-order chi connectivity index (χ0) is 23.6. The lowest BCUT2D eigenvalue weighted by molar-refractivity contribution is -0.386. The third-order valence-corrected chi connectivity index (χ3v) is 7.09. The van der Waals surface area contributed by atoms with Gasteiger partial charge in [-0.2, -0.15) is 4.31 Å². The molecule has 1 aromatic heterocycles. The van der Waals surface area contributed by atoms with Crippen molar-refractivity contribution in [3.05, 3.63) is 58.4 Å². The number of hydrogen-bond acceptors (Lipinski definition) is 9. The van der Waals surface area contributed by atoms with Crippen LogP contribution in [0.5, 0.6) is 5.75 Å². The molecule has 174 valence electrons. The first-order chi connectivity index (χ1) is 15.8. The van der Waals surface area contributed by atoms with E-state index in [1.54, 1.807) is 12.1 Å². The summed E-state index contributed by atoms with van der Waals surface area (Å²) >= 11 is 0. The molecular formula is C19H20FN7O5S. The van der Waals surface area contributed by atoms with Crippen LogP contribution in [0.4, 0.5) is 10.1 Å². The van der Waals surface area contributed by atoms with E-state index in [0.717, 1.165) is 6.07 Å². The monoisotopic (exact) mass is 477 g/mol. The SMILES string of the molecule is COc1ccc(S(=O)(=O)N2CCN(Cn3nnc(-c4ccc(F)cc4)n3)CC2)cc1[N+](=O)[O-]. The van der Waals surface area contributed by atoms with E-state index in [-0.39, 0.29) is 29.6 Å². The second-order valence-electron chi connectivity index (χ2n) is 7.25. The van der Waals surface area contributed by atoms with E-state index in [2.05, 4.69) is 15.4 Å². The van der Waals surface area contributed by atoms with Crippen molar-refractivity contribution in [1.82, 2.24) is 29.4 Å². The molecule has 0 aliphatic carbocycles. The van der Waals surface area contributed by atoms with Gasteiger partial charge in [-0.15, -0.1) is 15.0 Å². The first kappa shape index (κ1) is 22.7. The molecule has 0 radical (unpaired) electrons. The summed E-state index contributed by atoms with van der Waals surface area (Å²) in [6, 6.07) is 9.32. The molecule has 1 fully saturated rings. The summed E-state index contributed by atoms with van der Waals surface area (Å²) in [4.78, 5) is 13.7. The fourth-order valence-electron chi connectivity index (χ4n) is 3.43. The van der Waals surface area contributed by atoms with Gasteiger partial charge < -0.3 is 4.74 Å². The normalized spacial score (nSPS) is 15.5. The Bertz CT molecular complexity index is 1260. The second-order valence-corrected chi connectivity index (χ2v) is 9.18. The van der Waals surface area contributed by atoms with Crippen LogP contribution in [-0.2, 0) is 16.7 Å². The Balaban J connectivity index is 1.40.